The molecular formula is C28H16F2. The van der Waals surface area contributed by atoms with Gasteiger partial charge in [0.15, 0.2) is 0 Å². The summed E-state index contributed by atoms with van der Waals surface area (Å²) in [6.07, 6.45) is 0. The summed E-state index contributed by atoms with van der Waals surface area (Å²) in [4.78, 5) is 0. The van der Waals surface area contributed by atoms with Gasteiger partial charge in [-0.1, -0.05) is 60.7 Å². The van der Waals surface area contributed by atoms with Gasteiger partial charge in [-0.3, -0.25) is 0 Å². The molecule has 6 rings (SSSR count). The molecular weight excluding hydrogens is 374 g/mol. The normalized spacial score (nSPS) is 11.7. The molecule has 0 nitrogen and oxygen atoms in total. The Morgan fingerprint density at radius 3 is 1.27 bits per heavy atom. The Morgan fingerprint density at radius 1 is 0.400 bits per heavy atom. The molecule has 0 atom stereocenters. The van der Waals surface area contributed by atoms with Gasteiger partial charge in [0, 0.05) is 0 Å². The Labute approximate surface area is 173 Å². The van der Waals surface area contributed by atoms with E-state index in [1.807, 2.05) is 0 Å². The molecule has 0 bridgehead atoms. The molecule has 2 heteroatoms. The van der Waals surface area contributed by atoms with Crippen LogP contribution >= 0.6 is 0 Å². The zero-order chi connectivity index (χ0) is 20.2. The maximum Gasteiger partial charge on any atom is 0.123 e. The molecule has 0 aromatic heterocycles. The monoisotopic (exact) mass is 390 g/mol. The summed E-state index contributed by atoms with van der Waals surface area (Å²) in [6, 6.07) is 30.2. The molecule has 1 aliphatic rings. The van der Waals surface area contributed by atoms with E-state index in [1.165, 1.54) is 57.3 Å². The van der Waals surface area contributed by atoms with Crippen molar-refractivity contribution in [3.63, 3.8) is 0 Å². The molecule has 5 aromatic rings. The van der Waals surface area contributed by atoms with Crippen molar-refractivity contribution < 1.29 is 8.78 Å². The Hall–Kier alpha value is -3.78. The quantitative estimate of drug-likeness (QED) is 0.280. The summed E-state index contributed by atoms with van der Waals surface area (Å²) < 4.78 is 27.2. The molecule has 0 saturated heterocycles. The zero-order valence-electron chi connectivity index (χ0n) is 16.0. The fourth-order valence-corrected chi connectivity index (χ4v) is 4.57. The minimum atomic E-state index is -0.264. The van der Waals surface area contributed by atoms with Gasteiger partial charge in [-0.15, -0.1) is 0 Å². The first kappa shape index (κ1) is 17.1. The van der Waals surface area contributed by atoms with Crippen molar-refractivity contribution in [2.24, 2.45) is 0 Å². The minimum absolute atomic E-state index is 0.264. The van der Waals surface area contributed by atoms with E-state index in [1.54, 1.807) is 24.3 Å². The summed E-state index contributed by atoms with van der Waals surface area (Å²) in [5.74, 6) is -0.527. The molecule has 0 radical (unpaired) electrons. The molecule has 0 spiro atoms. The summed E-state index contributed by atoms with van der Waals surface area (Å²) in [7, 11) is 0. The van der Waals surface area contributed by atoms with E-state index in [-0.39, 0.29) is 11.6 Å². The molecule has 0 fully saturated rings. The Balaban J connectivity index is 1.69. The number of hydrogen-bond acceptors (Lipinski definition) is 0. The smallest absolute Gasteiger partial charge is 0.123 e. The Morgan fingerprint density at radius 2 is 0.833 bits per heavy atom. The summed E-state index contributed by atoms with van der Waals surface area (Å²) in [5.41, 5.74) is 8.65. The third-order valence-electron chi connectivity index (χ3n) is 5.95. The highest BCUT2D eigenvalue weighted by molar-refractivity contribution is 6.16. The van der Waals surface area contributed by atoms with E-state index >= 15 is 0 Å². The van der Waals surface area contributed by atoms with E-state index in [2.05, 4.69) is 48.5 Å². The van der Waals surface area contributed by atoms with E-state index in [4.69, 9.17) is 0 Å². The van der Waals surface area contributed by atoms with Gasteiger partial charge in [0.2, 0.25) is 0 Å². The number of halogens is 2. The second kappa shape index (κ2) is 6.36. The van der Waals surface area contributed by atoms with Gasteiger partial charge in [-0.05, 0) is 91.7 Å². The summed E-state index contributed by atoms with van der Waals surface area (Å²) in [5, 5.41) is 2.48. The first-order valence-corrected chi connectivity index (χ1v) is 9.91. The van der Waals surface area contributed by atoms with Gasteiger partial charge < -0.3 is 0 Å². The zero-order valence-corrected chi connectivity index (χ0v) is 16.0. The largest absolute Gasteiger partial charge is 0.207 e. The van der Waals surface area contributed by atoms with Crippen LogP contribution in [0.4, 0.5) is 8.78 Å². The maximum absolute atomic E-state index is 13.6. The Kier molecular flexibility index (Phi) is 3.63. The highest BCUT2D eigenvalue weighted by atomic mass is 19.1. The number of hydrogen-bond donors (Lipinski definition) is 0. The van der Waals surface area contributed by atoms with Crippen LogP contribution in [0.15, 0.2) is 97.1 Å². The van der Waals surface area contributed by atoms with Gasteiger partial charge in [0.05, 0.1) is 0 Å². The average Bonchev–Trinajstić information content (AvgIpc) is 3.09. The van der Waals surface area contributed by atoms with Crippen LogP contribution in [-0.4, -0.2) is 0 Å². The maximum atomic E-state index is 13.6. The fourth-order valence-electron chi connectivity index (χ4n) is 4.57. The predicted molar refractivity (Wildman–Crippen MR) is 119 cm³/mol. The molecule has 0 aliphatic heterocycles. The van der Waals surface area contributed by atoms with Crippen LogP contribution in [0.25, 0.3) is 55.3 Å². The van der Waals surface area contributed by atoms with Crippen molar-refractivity contribution in [2.75, 3.05) is 0 Å². The van der Waals surface area contributed by atoms with Crippen LogP contribution in [0, 0.1) is 11.6 Å². The van der Waals surface area contributed by atoms with Crippen molar-refractivity contribution in [2.45, 2.75) is 0 Å². The first-order valence-electron chi connectivity index (χ1n) is 9.91. The van der Waals surface area contributed by atoms with E-state index in [9.17, 15) is 8.78 Å². The number of benzene rings is 5. The molecule has 1 aliphatic carbocycles. The van der Waals surface area contributed by atoms with Crippen LogP contribution in [-0.2, 0) is 0 Å². The SMILES string of the molecule is Fc1ccc(-c2cc3c(cc2-c2ccc(F)cc2)-c2cccc4cccc-3c24)cc1. The van der Waals surface area contributed by atoms with Crippen LogP contribution < -0.4 is 0 Å². The highest BCUT2D eigenvalue weighted by Gasteiger charge is 2.23. The van der Waals surface area contributed by atoms with Crippen LogP contribution in [0.5, 0.6) is 0 Å². The second-order valence-electron chi connectivity index (χ2n) is 7.67. The minimum Gasteiger partial charge on any atom is -0.207 e. The third-order valence-corrected chi connectivity index (χ3v) is 5.95. The summed E-state index contributed by atoms with van der Waals surface area (Å²) in [6.45, 7) is 0. The lowest BCUT2D eigenvalue weighted by atomic mass is 9.89. The number of fused-ring (bicyclic) bond motifs is 3. The topological polar surface area (TPSA) is 0 Å². The Bertz CT molecular complexity index is 1320. The third kappa shape index (κ3) is 2.50. The van der Waals surface area contributed by atoms with E-state index in [0.29, 0.717) is 0 Å². The lowest BCUT2D eigenvalue weighted by Gasteiger charge is -2.15. The predicted octanol–water partition coefficient (Wildman–Crippen LogP) is 8.10. The lowest BCUT2D eigenvalue weighted by Crippen LogP contribution is -1.89. The first-order chi connectivity index (χ1) is 14.7. The number of rotatable bonds is 2. The van der Waals surface area contributed by atoms with Crippen LogP contribution in [0.1, 0.15) is 0 Å². The summed E-state index contributed by atoms with van der Waals surface area (Å²) >= 11 is 0. The highest BCUT2D eigenvalue weighted by Crippen LogP contribution is 2.50. The molecule has 0 heterocycles. The van der Waals surface area contributed by atoms with Gasteiger partial charge in [0.25, 0.3) is 0 Å². The molecule has 0 unspecified atom stereocenters. The standard InChI is InChI=1S/C28H16F2/c29-20-11-7-17(8-12-20)24-15-26-22-5-1-3-19-4-2-6-23(28(19)22)27(26)16-25(24)18-9-13-21(30)14-10-18/h1-16H. The van der Waals surface area contributed by atoms with Crippen molar-refractivity contribution in [3.05, 3.63) is 109 Å². The van der Waals surface area contributed by atoms with Gasteiger partial charge in [-0.2, -0.15) is 0 Å². The van der Waals surface area contributed by atoms with Gasteiger partial charge in [0.1, 0.15) is 11.6 Å². The molecule has 30 heavy (non-hydrogen) atoms. The van der Waals surface area contributed by atoms with E-state index in [0.717, 1.165) is 22.3 Å². The van der Waals surface area contributed by atoms with Crippen molar-refractivity contribution in [1.82, 2.24) is 0 Å². The van der Waals surface area contributed by atoms with Crippen LogP contribution in [0.2, 0.25) is 0 Å². The van der Waals surface area contributed by atoms with Crippen molar-refractivity contribution in [1.29, 1.82) is 0 Å². The second-order valence-corrected chi connectivity index (χ2v) is 7.67. The van der Waals surface area contributed by atoms with Gasteiger partial charge in [-0.25, -0.2) is 8.78 Å². The van der Waals surface area contributed by atoms with Crippen LogP contribution in [0.3, 0.4) is 0 Å². The lowest BCUT2D eigenvalue weighted by molar-refractivity contribution is 0.627. The molecule has 0 amide bonds. The molecule has 5 aromatic carbocycles. The van der Waals surface area contributed by atoms with Gasteiger partial charge >= 0.3 is 0 Å². The molecule has 142 valence electrons. The van der Waals surface area contributed by atoms with Crippen molar-refractivity contribution in [3.8, 4) is 44.5 Å². The van der Waals surface area contributed by atoms with Crippen molar-refractivity contribution >= 4 is 10.8 Å². The fraction of sp³-hybridized carbons (Fsp3) is 0. The van der Waals surface area contributed by atoms with E-state index < -0.39 is 0 Å². The molecule has 0 saturated carbocycles. The average molecular weight is 390 g/mol. The molecule has 0 N–H and O–H groups in total.